The first kappa shape index (κ1) is 7.52. The van der Waals surface area contributed by atoms with E-state index in [9.17, 15) is 5.11 Å². The van der Waals surface area contributed by atoms with Crippen molar-refractivity contribution in [1.29, 1.82) is 5.26 Å². The van der Waals surface area contributed by atoms with Crippen molar-refractivity contribution >= 4 is 0 Å². The van der Waals surface area contributed by atoms with E-state index >= 15 is 0 Å². The summed E-state index contributed by atoms with van der Waals surface area (Å²) < 4.78 is 0. The summed E-state index contributed by atoms with van der Waals surface area (Å²) in [6, 6.07) is 2.10. The van der Waals surface area contributed by atoms with Gasteiger partial charge in [-0.25, -0.2) is 0 Å². The Bertz CT molecular complexity index is 141. The summed E-state index contributed by atoms with van der Waals surface area (Å²) >= 11 is 0. The number of aliphatic hydroxyl groups is 1. The molecule has 56 valence electrons. The Labute approximate surface area is 60.7 Å². The van der Waals surface area contributed by atoms with Crippen LogP contribution in [0.2, 0.25) is 0 Å². The van der Waals surface area contributed by atoms with Gasteiger partial charge in [0.15, 0.2) is 0 Å². The molecule has 1 rings (SSSR count). The molecule has 0 radical (unpaired) electrons. The number of rotatable bonds is 0. The lowest BCUT2D eigenvalue weighted by atomic mass is 10.00. The number of nitrogens with one attached hydrogen (secondary N) is 1. The zero-order chi connectivity index (χ0) is 7.40. The van der Waals surface area contributed by atoms with Crippen LogP contribution in [0.3, 0.4) is 0 Å². The van der Waals surface area contributed by atoms with E-state index in [1.54, 1.807) is 0 Å². The lowest BCUT2D eigenvalue weighted by Gasteiger charge is -2.10. The maximum atomic E-state index is 9.29. The van der Waals surface area contributed by atoms with E-state index in [4.69, 9.17) is 5.26 Å². The fourth-order valence-corrected chi connectivity index (χ4v) is 1.18. The van der Waals surface area contributed by atoms with Crippen LogP contribution in [-0.4, -0.2) is 24.3 Å². The summed E-state index contributed by atoms with van der Waals surface area (Å²) in [4.78, 5) is 0. The highest BCUT2D eigenvalue weighted by atomic mass is 16.3. The zero-order valence-electron chi connectivity index (χ0n) is 5.88. The second kappa shape index (κ2) is 3.55. The van der Waals surface area contributed by atoms with E-state index in [-0.39, 0.29) is 5.92 Å². The predicted octanol–water partition coefficient (Wildman–Crippen LogP) is -0.130. The standard InChI is InChI=1S/C7H12N2O/c8-5-6-1-3-9-4-2-7(6)10/h6-7,9-10H,1-4H2. The lowest BCUT2D eigenvalue weighted by Crippen LogP contribution is -2.18. The van der Waals surface area contributed by atoms with E-state index < -0.39 is 6.10 Å². The summed E-state index contributed by atoms with van der Waals surface area (Å²) in [6.45, 7) is 1.69. The molecule has 3 heteroatoms. The molecular weight excluding hydrogens is 128 g/mol. The minimum absolute atomic E-state index is 0.157. The van der Waals surface area contributed by atoms with Gasteiger partial charge in [-0.1, -0.05) is 0 Å². The molecule has 0 spiro atoms. The molecule has 0 saturated carbocycles. The molecule has 2 atom stereocenters. The first-order valence-corrected chi connectivity index (χ1v) is 3.63. The van der Waals surface area contributed by atoms with Gasteiger partial charge in [0.25, 0.3) is 0 Å². The number of hydrogen-bond acceptors (Lipinski definition) is 3. The topological polar surface area (TPSA) is 56.0 Å². The smallest absolute Gasteiger partial charge is 0.0735 e. The van der Waals surface area contributed by atoms with Crippen LogP contribution >= 0.6 is 0 Å². The van der Waals surface area contributed by atoms with Crippen molar-refractivity contribution in [1.82, 2.24) is 5.32 Å². The number of aliphatic hydroxyl groups excluding tert-OH is 1. The first-order chi connectivity index (χ1) is 4.84. The lowest BCUT2D eigenvalue weighted by molar-refractivity contribution is 0.130. The molecule has 3 nitrogen and oxygen atoms in total. The third-order valence-corrected chi connectivity index (χ3v) is 1.88. The van der Waals surface area contributed by atoms with Gasteiger partial charge >= 0.3 is 0 Å². The Kier molecular flexibility index (Phi) is 2.67. The van der Waals surface area contributed by atoms with Crippen molar-refractivity contribution in [3.63, 3.8) is 0 Å². The Balaban J connectivity index is 2.45. The van der Waals surface area contributed by atoms with E-state index in [0.29, 0.717) is 6.42 Å². The molecular formula is C7H12N2O. The third-order valence-electron chi connectivity index (χ3n) is 1.88. The maximum absolute atomic E-state index is 9.29. The summed E-state index contributed by atoms with van der Waals surface area (Å²) in [7, 11) is 0. The maximum Gasteiger partial charge on any atom is 0.0735 e. The van der Waals surface area contributed by atoms with Gasteiger partial charge in [-0.3, -0.25) is 0 Å². The van der Waals surface area contributed by atoms with Crippen LogP contribution < -0.4 is 5.32 Å². The van der Waals surface area contributed by atoms with Gasteiger partial charge < -0.3 is 10.4 Å². The number of hydrogen-bond donors (Lipinski definition) is 2. The van der Waals surface area contributed by atoms with Crippen LogP contribution in [0, 0.1) is 17.2 Å². The Morgan fingerprint density at radius 3 is 2.80 bits per heavy atom. The van der Waals surface area contributed by atoms with Crippen molar-refractivity contribution in [2.24, 2.45) is 5.92 Å². The van der Waals surface area contributed by atoms with E-state index in [2.05, 4.69) is 11.4 Å². The third kappa shape index (κ3) is 1.69. The Hall–Kier alpha value is -0.590. The van der Waals surface area contributed by atoms with Gasteiger partial charge in [-0.2, -0.15) is 5.26 Å². The number of nitriles is 1. The van der Waals surface area contributed by atoms with Crippen molar-refractivity contribution in [3.05, 3.63) is 0 Å². The van der Waals surface area contributed by atoms with Gasteiger partial charge in [0, 0.05) is 0 Å². The molecule has 1 aliphatic heterocycles. The highest BCUT2D eigenvalue weighted by molar-refractivity contribution is 4.90. The second-order valence-electron chi connectivity index (χ2n) is 2.63. The van der Waals surface area contributed by atoms with Gasteiger partial charge in [-0.15, -0.1) is 0 Å². The highest BCUT2D eigenvalue weighted by Gasteiger charge is 2.20. The molecule has 1 saturated heterocycles. The van der Waals surface area contributed by atoms with Crippen LogP contribution in [-0.2, 0) is 0 Å². The SMILES string of the molecule is N#CC1CCNCCC1O. The summed E-state index contributed by atoms with van der Waals surface area (Å²) in [5.41, 5.74) is 0. The molecule has 0 aliphatic carbocycles. The monoisotopic (exact) mass is 140 g/mol. The Morgan fingerprint density at radius 1 is 1.40 bits per heavy atom. The normalized spacial score (nSPS) is 34.4. The van der Waals surface area contributed by atoms with Crippen LogP contribution in [0.15, 0.2) is 0 Å². The van der Waals surface area contributed by atoms with Crippen LogP contribution in [0.25, 0.3) is 0 Å². The fourth-order valence-electron chi connectivity index (χ4n) is 1.18. The van der Waals surface area contributed by atoms with Gasteiger partial charge in [0.05, 0.1) is 18.1 Å². The molecule has 0 aromatic heterocycles. The molecule has 2 N–H and O–H groups in total. The van der Waals surface area contributed by atoms with E-state index in [1.165, 1.54) is 0 Å². The van der Waals surface area contributed by atoms with Crippen LogP contribution in [0.1, 0.15) is 12.8 Å². The van der Waals surface area contributed by atoms with Gasteiger partial charge in [0.1, 0.15) is 0 Å². The average Bonchev–Trinajstić information content (AvgIpc) is 2.13. The zero-order valence-corrected chi connectivity index (χ0v) is 5.88. The summed E-state index contributed by atoms with van der Waals surface area (Å²) in [6.07, 6.45) is 1.07. The molecule has 1 fully saturated rings. The minimum atomic E-state index is -0.417. The fraction of sp³-hybridized carbons (Fsp3) is 0.857. The molecule has 1 aliphatic rings. The first-order valence-electron chi connectivity index (χ1n) is 3.63. The van der Waals surface area contributed by atoms with Crippen molar-refractivity contribution in [3.8, 4) is 6.07 Å². The highest BCUT2D eigenvalue weighted by Crippen LogP contribution is 2.12. The van der Waals surface area contributed by atoms with Crippen LogP contribution in [0.4, 0.5) is 0 Å². The molecule has 2 unspecified atom stereocenters. The summed E-state index contributed by atoms with van der Waals surface area (Å²) in [5, 5.41) is 21.0. The van der Waals surface area contributed by atoms with E-state index in [0.717, 1.165) is 19.5 Å². The van der Waals surface area contributed by atoms with Crippen molar-refractivity contribution in [2.45, 2.75) is 18.9 Å². The molecule has 0 aromatic rings. The van der Waals surface area contributed by atoms with Crippen molar-refractivity contribution in [2.75, 3.05) is 13.1 Å². The van der Waals surface area contributed by atoms with Gasteiger partial charge in [-0.05, 0) is 25.9 Å². The number of nitrogens with zero attached hydrogens (tertiary/aromatic N) is 1. The molecule has 10 heavy (non-hydrogen) atoms. The quantitative estimate of drug-likeness (QED) is 0.493. The molecule has 0 aromatic carbocycles. The second-order valence-corrected chi connectivity index (χ2v) is 2.63. The van der Waals surface area contributed by atoms with Crippen LogP contribution in [0.5, 0.6) is 0 Å². The van der Waals surface area contributed by atoms with E-state index in [1.807, 2.05) is 0 Å². The van der Waals surface area contributed by atoms with Crippen molar-refractivity contribution < 1.29 is 5.11 Å². The van der Waals surface area contributed by atoms with Gasteiger partial charge in [0.2, 0.25) is 0 Å². The minimum Gasteiger partial charge on any atom is -0.392 e. The predicted molar refractivity (Wildman–Crippen MR) is 37.2 cm³/mol. The largest absolute Gasteiger partial charge is 0.392 e. The molecule has 0 bridgehead atoms. The molecule has 1 heterocycles. The molecule has 0 amide bonds. The average molecular weight is 140 g/mol. The Morgan fingerprint density at radius 2 is 2.10 bits per heavy atom. The summed E-state index contributed by atoms with van der Waals surface area (Å²) in [5.74, 6) is -0.157.